The van der Waals surface area contributed by atoms with Crippen LogP contribution in [-0.2, 0) is 0 Å². The molecule has 0 N–H and O–H groups in total. The van der Waals surface area contributed by atoms with Crippen molar-refractivity contribution in [3.63, 3.8) is 0 Å². The summed E-state index contributed by atoms with van der Waals surface area (Å²) in [7, 11) is 0. The van der Waals surface area contributed by atoms with Gasteiger partial charge in [-0.1, -0.05) is 25.3 Å². The molecule has 0 atom stereocenters. The summed E-state index contributed by atoms with van der Waals surface area (Å²) in [5.41, 5.74) is 0. The highest BCUT2D eigenvalue weighted by molar-refractivity contribution is 4.70. The third-order valence-electron chi connectivity index (χ3n) is 2.60. The molecular formula is C11H21N. The fourth-order valence-electron chi connectivity index (χ4n) is 1.81. The summed E-state index contributed by atoms with van der Waals surface area (Å²) in [5.74, 6) is 0. The number of hydrogen-bond acceptors (Lipinski definition) is 1. The van der Waals surface area contributed by atoms with Crippen LogP contribution in [0.3, 0.4) is 0 Å². The summed E-state index contributed by atoms with van der Waals surface area (Å²) >= 11 is 0. The lowest BCUT2D eigenvalue weighted by Crippen LogP contribution is -2.28. The van der Waals surface area contributed by atoms with Crippen molar-refractivity contribution in [2.45, 2.75) is 38.5 Å². The van der Waals surface area contributed by atoms with E-state index in [0.717, 1.165) is 6.42 Å². The standard InChI is InChI=1S/C11H21N/c1-2-3-9-12-10-7-5-4-6-8-11-12/h2H,1,3-11H2. The van der Waals surface area contributed by atoms with Crippen molar-refractivity contribution < 1.29 is 0 Å². The molecule has 0 aromatic heterocycles. The Balaban J connectivity index is 2.15. The van der Waals surface area contributed by atoms with Gasteiger partial charge >= 0.3 is 0 Å². The highest BCUT2D eigenvalue weighted by Gasteiger charge is 2.05. The molecule has 12 heavy (non-hydrogen) atoms. The van der Waals surface area contributed by atoms with Crippen LogP contribution in [0.15, 0.2) is 12.7 Å². The van der Waals surface area contributed by atoms with Crippen LogP contribution in [-0.4, -0.2) is 24.5 Å². The number of likely N-dealkylation sites (tertiary alicyclic amines) is 1. The summed E-state index contributed by atoms with van der Waals surface area (Å²) in [6, 6.07) is 0. The minimum absolute atomic E-state index is 1.15. The predicted octanol–water partition coefficient (Wildman–Crippen LogP) is 2.83. The Labute approximate surface area is 76.5 Å². The molecule has 0 aromatic rings. The van der Waals surface area contributed by atoms with Crippen molar-refractivity contribution in [3.05, 3.63) is 12.7 Å². The molecule has 0 radical (unpaired) electrons. The van der Waals surface area contributed by atoms with Gasteiger partial charge in [-0.2, -0.15) is 0 Å². The van der Waals surface area contributed by atoms with Crippen LogP contribution in [0.5, 0.6) is 0 Å². The normalized spacial score (nSPS) is 21.3. The average Bonchev–Trinajstić information content (AvgIpc) is 2.02. The van der Waals surface area contributed by atoms with E-state index in [9.17, 15) is 0 Å². The Morgan fingerprint density at radius 2 is 1.58 bits per heavy atom. The zero-order valence-electron chi connectivity index (χ0n) is 8.10. The topological polar surface area (TPSA) is 3.24 Å². The van der Waals surface area contributed by atoms with E-state index in [2.05, 4.69) is 11.5 Å². The third kappa shape index (κ3) is 3.91. The van der Waals surface area contributed by atoms with Gasteiger partial charge < -0.3 is 4.90 Å². The number of nitrogens with zero attached hydrogens (tertiary/aromatic N) is 1. The van der Waals surface area contributed by atoms with Gasteiger partial charge in [-0.25, -0.2) is 0 Å². The van der Waals surface area contributed by atoms with E-state index in [1.54, 1.807) is 0 Å². The maximum atomic E-state index is 3.76. The van der Waals surface area contributed by atoms with Gasteiger partial charge in [0, 0.05) is 6.54 Å². The average molecular weight is 167 g/mol. The smallest absolute Gasteiger partial charge is 0.00158 e. The molecule has 1 heteroatoms. The first-order valence-electron chi connectivity index (χ1n) is 5.27. The summed E-state index contributed by atoms with van der Waals surface area (Å²) in [4.78, 5) is 2.58. The lowest BCUT2D eigenvalue weighted by Gasteiger charge is -2.23. The molecule has 0 aromatic carbocycles. The Bertz CT molecular complexity index is 112. The van der Waals surface area contributed by atoms with Crippen molar-refractivity contribution in [1.29, 1.82) is 0 Å². The molecule has 1 fully saturated rings. The molecule has 1 saturated heterocycles. The molecule has 1 rings (SSSR count). The highest BCUT2D eigenvalue weighted by Crippen LogP contribution is 2.10. The van der Waals surface area contributed by atoms with Crippen LogP contribution in [0.1, 0.15) is 38.5 Å². The van der Waals surface area contributed by atoms with Gasteiger partial charge in [0.25, 0.3) is 0 Å². The lowest BCUT2D eigenvalue weighted by atomic mass is 10.1. The minimum Gasteiger partial charge on any atom is -0.303 e. The zero-order valence-corrected chi connectivity index (χ0v) is 8.10. The fraction of sp³-hybridized carbons (Fsp3) is 0.818. The van der Waals surface area contributed by atoms with E-state index >= 15 is 0 Å². The van der Waals surface area contributed by atoms with Gasteiger partial charge in [0.15, 0.2) is 0 Å². The quantitative estimate of drug-likeness (QED) is 0.584. The zero-order chi connectivity index (χ0) is 8.65. The Morgan fingerprint density at radius 1 is 1.00 bits per heavy atom. The largest absolute Gasteiger partial charge is 0.303 e. The van der Waals surface area contributed by atoms with Crippen LogP contribution in [0.25, 0.3) is 0 Å². The lowest BCUT2D eigenvalue weighted by molar-refractivity contribution is 0.252. The molecule has 70 valence electrons. The maximum Gasteiger partial charge on any atom is 0.00158 e. The maximum absolute atomic E-state index is 3.76. The predicted molar refractivity (Wildman–Crippen MR) is 54.3 cm³/mol. The van der Waals surface area contributed by atoms with E-state index in [0.29, 0.717) is 0 Å². The van der Waals surface area contributed by atoms with Gasteiger partial charge in [0.2, 0.25) is 0 Å². The first kappa shape index (κ1) is 9.79. The molecule has 0 bridgehead atoms. The molecule has 1 heterocycles. The van der Waals surface area contributed by atoms with Crippen LogP contribution < -0.4 is 0 Å². The van der Waals surface area contributed by atoms with E-state index in [-0.39, 0.29) is 0 Å². The first-order valence-corrected chi connectivity index (χ1v) is 5.27. The minimum atomic E-state index is 1.15. The van der Waals surface area contributed by atoms with E-state index in [1.165, 1.54) is 51.7 Å². The number of hydrogen-bond donors (Lipinski definition) is 0. The van der Waals surface area contributed by atoms with Crippen molar-refractivity contribution in [2.75, 3.05) is 19.6 Å². The van der Waals surface area contributed by atoms with Crippen molar-refractivity contribution in [3.8, 4) is 0 Å². The molecule has 1 aliphatic rings. The molecule has 0 aliphatic carbocycles. The monoisotopic (exact) mass is 167 g/mol. The molecule has 0 spiro atoms. The van der Waals surface area contributed by atoms with Crippen molar-refractivity contribution in [1.82, 2.24) is 4.90 Å². The highest BCUT2D eigenvalue weighted by atomic mass is 15.1. The second-order valence-corrected chi connectivity index (χ2v) is 3.69. The summed E-state index contributed by atoms with van der Waals surface area (Å²) < 4.78 is 0. The van der Waals surface area contributed by atoms with Crippen LogP contribution in [0.2, 0.25) is 0 Å². The third-order valence-corrected chi connectivity index (χ3v) is 2.60. The van der Waals surface area contributed by atoms with Crippen LogP contribution in [0, 0.1) is 0 Å². The van der Waals surface area contributed by atoms with Crippen molar-refractivity contribution >= 4 is 0 Å². The summed E-state index contributed by atoms with van der Waals surface area (Å²) in [5, 5.41) is 0. The fourth-order valence-corrected chi connectivity index (χ4v) is 1.81. The second kappa shape index (κ2) is 6.24. The van der Waals surface area contributed by atoms with E-state index < -0.39 is 0 Å². The van der Waals surface area contributed by atoms with E-state index in [4.69, 9.17) is 0 Å². The molecule has 0 saturated carbocycles. The Kier molecular flexibility index (Phi) is 5.09. The molecule has 1 nitrogen and oxygen atoms in total. The molecule has 0 amide bonds. The van der Waals surface area contributed by atoms with Crippen LogP contribution >= 0.6 is 0 Å². The van der Waals surface area contributed by atoms with Gasteiger partial charge in [-0.3, -0.25) is 0 Å². The molecular weight excluding hydrogens is 146 g/mol. The van der Waals surface area contributed by atoms with Crippen molar-refractivity contribution in [2.24, 2.45) is 0 Å². The van der Waals surface area contributed by atoms with Gasteiger partial charge in [-0.05, 0) is 32.4 Å². The van der Waals surface area contributed by atoms with E-state index in [1.807, 2.05) is 6.08 Å². The Morgan fingerprint density at radius 3 is 2.17 bits per heavy atom. The van der Waals surface area contributed by atoms with Gasteiger partial charge in [0.05, 0.1) is 0 Å². The van der Waals surface area contributed by atoms with Crippen LogP contribution in [0.4, 0.5) is 0 Å². The molecule has 0 unspecified atom stereocenters. The Hall–Kier alpha value is -0.300. The SMILES string of the molecule is C=CCCN1CCCCCCC1. The number of rotatable bonds is 3. The molecule has 1 aliphatic heterocycles. The first-order chi connectivity index (χ1) is 5.93. The second-order valence-electron chi connectivity index (χ2n) is 3.69. The summed E-state index contributed by atoms with van der Waals surface area (Å²) in [6.45, 7) is 7.61. The summed E-state index contributed by atoms with van der Waals surface area (Å²) in [6.07, 6.45) is 10.3. The van der Waals surface area contributed by atoms with Gasteiger partial charge in [-0.15, -0.1) is 6.58 Å². The van der Waals surface area contributed by atoms with Gasteiger partial charge in [0.1, 0.15) is 0 Å².